The molecule has 1 aliphatic rings. The Morgan fingerprint density at radius 2 is 2.32 bits per heavy atom. The summed E-state index contributed by atoms with van der Waals surface area (Å²) in [6.45, 7) is 7.54. The number of hydrogen-bond donors (Lipinski definition) is 2. The van der Waals surface area contributed by atoms with Crippen LogP contribution in [0.2, 0.25) is 0 Å². The second kappa shape index (κ2) is 4.57. The first-order valence-corrected chi connectivity index (χ1v) is 6.98. The summed E-state index contributed by atoms with van der Waals surface area (Å²) < 4.78 is 5.86. The SMILES string of the molecule is Cc1cc2c(o1)CC(C)(C)CC2NCc1ccc[nH]1. The van der Waals surface area contributed by atoms with Gasteiger partial charge in [-0.1, -0.05) is 13.8 Å². The minimum Gasteiger partial charge on any atom is -0.466 e. The smallest absolute Gasteiger partial charge is 0.109 e. The number of H-pyrrole nitrogens is 1. The molecule has 0 aromatic carbocycles. The van der Waals surface area contributed by atoms with Crippen LogP contribution in [0.15, 0.2) is 28.8 Å². The molecule has 0 fully saturated rings. The van der Waals surface area contributed by atoms with E-state index in [1.807, 2.05) is 19.2 Å². The van der Waals surface area contributed by atoms with Crippen LogP contribution >= 0.6 is 0 Å². The lowest BCUT2D eigenvalue weighted by molar-refractivity contribution is 0.233. The maximum atomic E-state index is 5.86. The van der Waals surface area contributed by atoms with Gasteiger partial charge in [0.1, 0.15) is 11.5 Å². The van der Waals surface area contributed by atoms with Crippen LogP contribution in [0.5, 0.6) is 0 Å². The van der Waals surface area contributed by atoms with Gasteiger partial charge in [-0.2, -0.15) is 0 Å². The number of nitrogens with one attached hydrogen (secondary N) is 2. The van der Waals surface area contributed by atoms with E-state index in [1.165, 1.54) is 11.3 Å². The quantitative estimate of drug-likeness (QED) is 0.881. The lowest BCUT2D eigenvalue weighted by Gasteiger charge is -2.34. The molecule has 3 rings (SSSR count). The van der Waals surface area contributed by atoms with Gasteiger partial charge in [0.15, 0.2) is 0 Å². The first-order valence-electron chi connectivity index (χ1n) is 6.98. The maximum Gasteiger partial charge on any atom is 0.109 e. The third-order valence-corrected chi connectivity index (χ3v) is 3.94. The van der Waals surface area contributed by atoms with E-state index in [9.17, 15) is 0 Å². The average Bonchev–Trinajstić information content (AvgIpc) is 2.93. The Hall–Kier alpha value is -1.48. The number of rotatable bonds is 3. The molecule has 102 valence electrons. The van der Waals surface area contributed by atoms with Crippen molar-refractivity contribution >= 4 is 0 Å². The van der Waals surface area contributed by atoms with E-state index in [0.717, 1.165) is 30.9 Å². The fourth-order valence-corrected chi connectivity index (χ4v) is 3.08. The van der Waals surface area contributed by atoms with Gasteiger partial charge in [0.25, 0.3) is 0 Å². The average molecular weight is 258 g/mol. The summed E-state index contributed by atoms with van der Waals surface area (Å²) in [5.41, 5.74) is 2.87. The molecular weight excluding hydrogens is 236 g/mol. The molecule has 2 heterocycles. The van der Waals surface area contributed by atoms with Crippen LogP contribution in [0.4, 0.5) is 0 Å². The first kappa shape index (κ1) is 12.5. The molecule has 0 amide bonds. The molecule has 3 nitrogen and oxygen atoms in total. The number of aromatic amines is 1. The Morgan fingerprint density at radius 1 is 1.47 bits per heavy atom. The Balaban J connectivity index is 1.80. The van der Waals surface area contributed by atoms with Crippen LogP contribution in [0.3, 0.4) is 0 Å². The molecule has 2 aromatic rings. The Bertz CT molecular complexity index is 551. The summed E-state index contributed by atoms with van der Waals surface area (Å²) in [6.07, 6.45) is 4.16. The molecule has 0 bridgehead atoms. The van der Waals surface area contributed by atoms with Crippen molar-refractivity contribution < 1.29 is 4.42 Å². The minimum atomic E-state index is 0.296. The lowest BCUT2D eigenvalue weighted by Crippen LogP contribution is -2.32. The van der Waals surface area contributed by atoms with Crippen LogP contribution in [-0.4, -0.2) is 4.98 Å². The van der Waals surface area contributed by atoms with Crippen molar-refractivity contribution in [3.63, 3.8) is 0 Å². The molecule has 19 heavy (non-hydrogen) atoms. The fourth-order valence-electron chi connectivity index (χ4n) is 3.08. The van der Waals surface area contributed by atoms with Crippen molar-refractivity contribution in [2.24, 2.45) is 5.41 Å². The molecule has 0 spiro atoms. The highest BCUT2D eigenvalue weighted by molar-refractivity contribution is 5.29. The van der Waals surface area contributed by atoms with Crippen LogP contribution < -0.4 is 5.32 Å². The Kier molecular flexibility index (Phi) is 3.02. The van der Waals surface area contributed by atoms with E-state index in [-0.39, 0.29) is 0 Å². The molecule has 0 aliphatic heterocycles. The second-order valence-corrected chi connectivity index (χ2v) is 6.41. The molecule has 0 radical (unpaired) electrons. The number of furan rings is 1. The third kappa shape index (κ3) is 2.61. The van der Waals surface area contributed by atoms with Gasteiger partial charge in [-0.05, 0) is 37.0 Å². The molecule has 1 aliphatic carbocycles. The normalized spacial score (nSPS) is 21.3. The number of hydrogen-bond acceptors (Lipinski definition) is 2. The second-order valence-electron chi connectivity index (χ2n) is 6.41. The van der Waals surface area contributed by atoms with Crippen molar-refractivity contribution in [1.29, 1.82) is 0 Å². The van der Waals surface area contributed by atoms with E-state index in [1.54, 1.807) is 0 Å². The third-order valence-electron chi connectivity index (χ3n) is 3.94. The topological polar surface area (TPSA) is 41.0 Å². The van der Waals surface area contributed by atoms with E-state index in [4.69, 9.17) is 4.42 Å². The van der Waals surface area contributed by atoms with Crippen LogP contribution in [0, 0.1) is 12.3 Å². The van der Waals surface area contributed by atoms with Gasteiger partial charge in [-0.3, -0.25) is 0 Å². The van der Waals surface area contributed by atoms with Crippen molar-refractivity contribution in [3.8, 4) is 0 Å². The van der Waals surface area contributed by atoms with E-state index in [0.29, 0.717) is 11.5 Å². The van der Waals surface area contributed by atoms with E-state index in [2.05, 4.69) is 36.3 Å². The molecule has 2 N–H and O–H groups in total. The summed E-state index contributed by atoms with van der Waals surface area (Å²) in [5, 5.41) is 3.66. The minimum absolute atomic E-state index is 0.296. The molecular formula is C16H22N2O. The van der Waals surface area contributed by atoms with Gasteiger partial charge in [-0.15, -0.1) is 0 Å². The number of aromatic nitrogens is 1. The van der Waals surface area contributed by atoms with Gasteiger partial charge >= 0.3 is 0 Å². The maximum absolute atomic E-state index is 5.86. The predicted molar refractivity (Wildman–Crippen MR) is 75.9 cm³/mol. The van der Waals surface area contributed by atoms with Crippen LogP contribution in [-0.2, 0) is 13.0 Å². The predicted octanol–water partition coefficient (Wildman–Crippen LogP) is 3.72. The van der Waals surface area contributed by atoms with E-state index >= 15 is 0 Å². The van der Waals surface area contributed by atoms with Crippen molar-refractivity contribution in [2.45, 2.75) is 46.2 Å². The highest BCUT2D eigenvalue weighted by Gasteiger charge is 2.34. The number of fused-ring (bicyclic) bond motifs is 1. The summed E-state index contributed by atoms with van der Waals surface area (Å²) >= 11 is 0. The van der Waals surface area contributed by atoms with Gasteiger partial charge < -0.3 is 14.7 Å². The summed E-state index contributed by atoms with van der Waals surface area (Å²) in [7, 11) is 0. The monoisotopic (exact) mass is 258 g/mol. The van der Waals surface area contributed by atoms with Crippen LogP contribution in [0.1, 0.15) is 49.1 Å². The van der Waals surface area contributed by atoms with E-state index < -0.39 is 0 Å². The van der Waals surface area contributed by atoms with Gasteiger partial charge in [0.05, 0.1) is 0 Å². The summed E-state index contributed by atoms with van der Waals surface area (Å²) in [6, 6.07) is 6.73. The summed E-state index contributed by atoms with van der Waals surface area (Å²) in [4.78, 5) is 3.24. The van der Waals surface area contributed by atoms with Gasteiger partial charge in [0, 0.05) is 36.5 Å². The molecule has 1 unspecified atom stereocenters. The highest BCUT2D eigenvalue weighted by Crippen LogP contribution is 2.42. The molecule has 3 heteroatoms. The van der Waals surface area contributed by atoms with Crippen molar-refractivity contribution in [2.75, 3.05) is 0 Å². The zero-order valence-corrected chi connectivity index (χ0v) is 11.9. The highest BCUT2D eigenvalue weighted by atomic mass is 16.3. The Morgan fingerprint density at radius 3 is 3.05 bits per heavy atom. The molecule has 0 saturated carbocycles. The van der Waals surface area contributed by atoms with Crippen molar-refractivity contribution in [1.82, 2.24) is 10.3 Å². The summed E-state index contributed by atoms with van der Waals surface area (Å²) in [5.74, 6) is 2.19. The van der Waals surface area contributed by atoms with Gasteiger partial charge in [-0.25, -0.2) is 0 Å². The molecule has 2 aromatic heterocycles. The zero-order chi connectivity index (χ0) is 13.5. The van der Waals surface area contributed by atoms with Gasteiger partial charge in [0.2, 0.25) is 0 Å². The lowest BCUT2D eigenvalue weighted by atomic mass is 9.74. The van der Waals surface area contributed by atoms with Crippen molar-refractivity contribution in [3.05, 3.63) is 47.2 Å². The molecule has 1 atom stereocenters. The Labute approximate surface area is 114 Å². The first-order chi connectivity index (χ1) is 9.03. The number of aryl methyl sites for hydroxylation is 1. The standard InChI is InChI=1S/C16H22N2O/c1-11-7-13-14(18-10-12-5-4-6-17-12)8-16(2,3)9-15(13)19-11/h4-7,14,17-18H,8-10H2,1-3H3. The fraction of sp³-hybridized carbons (Fsp3) is 0.500. The molecule has 0 saturated heterocycles. The largest absolute Gasteiger partial charge is 0.466 e. The van der Waals surface area contributed by atoms with Crippen LogP contribution in [0.25, 0.3) is 0 Å². The zero-order valence-electron chi connectivity index (χ0n) is 11.9.